The minimum Gasteiger partial charge on any atom is -0.390 e. The van der Waals surface area contributed by atoms with Crippen LogP contribution in [-0.2, 0) is 13.8 Å². The van der Waals surface area contributed by atoms with Crippen molar-refractivity contribution in [3.63, 3.8) is 0 Å². The molecule has 0 unspecified atom stereocenters. The molecule has 2 heterocycles. The van der Waals surface area contributed by atoms with Gasteiger partial charge in [0, 0.05) is 18.7 Å². The number of hydrogen-bond donors (Lipinski definition) is 4. The fourth-order valence-electron chi connectivity index (χ4n) is 1.88. The first kappa shape index (κ1) is 15.1. The number of phosphoric acid groups is 1. The molecular formula is C9H14N3O7P. The summed E-state index contributed by atoms with van der Waals surface area (Å²) in [5.74, 6) is -0.0775. The number of nitrogen functional groups attached to an aromatic ring is 1. The molecule has 0 aliphatic carbocycles. The van der Waals surface area contributed by atoms with Crippen molar-refractivity contribution in [3.8, 4) is 0 Å². The lowest BCUT2D eigenvalue weighted by molar-refractivity contribution is -0.0432. The minimum absolute atomic E-state index is 0.0775. The average Bonchev–Trinajstić information content (AvgIpc) is 2.67. The van der Waals surface area contributed by atoms with Gasteiger partial charge in [-0.05, 0) is 0 Å². The van der Waals surface area contributed by atoms with Crippen LogP contribution in [0.5, 0.6) is 0 Å². The van der Waals surface area contributed by atoms with Crippen molar-refractivity contribution in [3.05, 3.63) is 22.6 Å². The summed E-state index contributed by atoms with van der Waals surface area (Å²) in [6, 6.07) is 1.19. The summed E-state index contributed by atoms with van der Waals surface area (Å²) >= 11 is 0. The summed E-state index contributed by atoms with van der Waals surface area (Å²) in [7, 11) is -4.63. The number of phosphoric ester groups is 1. The quantitative estimate of drug-likeness (QED) is 0.490. The Balaban J connectivity index is 2.06. The molecule has 0 aromatic carbocycles. The first-order chi connectivity index (χ1) is 9.26. The molecule has 0 amide bonds. The largest absolute Gasteiger partial charge is 0.469 e. The van der Waals surface area contributed by atoms with Gasteiger partial charge in [-0.1, -0.05) is 0 Å². The van der Waals surface area contributed by atoms with E-state index in [1.54, 1.807) is 0 Å². The molecule has 112 valence electrons. The van der Waals surface area contributed by atoms with Crippen molar-refractivity contribution in [1.82, 2.24) is 9.55 Å². The Morgan fingerprint density at radius 3 is 2.90 bits per heavy atom. The highest BCUT2D eigenvalue weighted by atomic mass is 31.2. The van der Waals surface area contributed by atoms with Crippen molar-refractivity contribution in [2.45, 2.75) is 24.9 Å². The van der Waals surface area contributed by atoms with Crippen LogP contribution in [0.2, 0.25) is 0 Å². The lowest BCUT2D eigenvalue weighted by Gasteiger charge is -2.17. The molecule has 20 heavy (non-hydrogen) atoms. The van der Waals surface area contributed by atoms with Crippen LogP contribution in [0, 0.1) is 0 Å². The molecule has 10 nitrogen and oxygen atoms in total. The highest BCUT2D eigenvalue weighted by Gasteiger charge is 2.36. The van der Waals surface area contributed by atoms with Gasteiger partial charge in [-0.2, -0.15) is 4.98 Å². The van der Waals surface area contributed by atoms with E-state index in [4.69, 9.17) is 20.3 Å². The van der Waals surface area contributed by atoms with Crippen LogP contribution >= 0.6 is 7.82 Å². The Hall–Kier alpha value is -1.29. The number of ether oxygens (including phenoxy) is 1. The van der Waals surface area contributed by atoms with Gasteiger partial charge in [-0.3, -0.25) is 13.9 Å². The van der Waals surface area contributed by atoms with Crippen molar-refractivity contribution in [1.29, 1.82) is 0 Å². The maximum Gasteiger partial charge on any atom is 0.469 e. The standard InChI is InChI=1S/C9H14N3O7P/c10-9-11-7(14)1-2-12(9)8-3-5(13)6(19-8)4-18-20(15,16)17/h1-2,5-6,8,13H,3-4H2,(H2,10,11,14)(H2,15,16,17)/t5-,6+,8+/m0/s1. The number of anilines is 1. The molecule has 1 saturated heterocycles. The lowest BCUT2D eigenvalue weighted by atomic mass is 10.2. The number of nitrogens with zero attached hydrogens (tertiary/aromatic N) is 2. The van der Waals surface area contributed by atoms with Gasteiger partial charge in [-0.15, -0.1) is 0 Å². The minimum atomic E-state index is -4.63. The number of aromatic nitrogens is 2. The molecule has 1 aromatic heterocycles. The Kier molecular flexibility index (Phi) is 4.23. The van der Waals surface area contributed by atoms with E-state index >= 15 is 0 Å². The zero-order chi connectivity index (χ0) is 14.9. The van der Waals surface area contributed by atoms with Gasteiger partial charge in [0.1, 0.15) is 12.3 Å². The van der Waals surface area contributed by atoms with Crippen LogP contribution in [0.1, 0.15) is 12.6 Å². The Morgan fingerprint density at radius 2 is 2.30 bits per heavy atom. The smallest absolute Gasteiger partial charge is 0.390 e. The normalized spacial score (nSPS) is 26.9. The molecule has 0 spiro atoms. The highest BCUT2D eigenvalue weighted by Crippen LogP contribution is 2.38. The predicted molar refractivity (Wildman–Crippen MR) is 65.4 cm³/mol. The maximum atomic E-state index is 11.0. The van der Waals surface area contributed by atoms with E-state index < -0.39 is 38.4 Å². The molecule has 1 fully saturated rings. The van der Waals surface area contributed by atoms with E-state index in [1.165, 1.54) is 16.8 Å². The summed E-state index contributed by atoms with van der Waals surface area (Å²) in [5, 5.41) is 9.77. The fraction of sp³-hybridized carbons (Fsp3) is 0.556. The van der Waals surface area contributed by atoms with Crippen LogP contribution in [0.15, 0.2) is 17.1 Å². The van der Waals surface area contributed by atoms with Crippen molar-refractivity contribution in [2.75, 3.05) is 12.3 Å². The summed E-state index contributed by atoms with van der Waals surface area (Å²) in [6.45, 7) is -0.463. The van der Waals surface area contributed by atoms with Crippen LogP contribution in [0.25, 0.3) is 0 Å². The van der Waals surface area contributed by atoms with Gasteiger partial charge < -0.3 is 25.4 Å². The van der Waals surface area contributed by atoms with Gasteiger partial charge in [0.15, 0.2) is 0 Å². The first-order valence-corrected chi connectivity index (χ1v) is 7.17. The summed E-state index contributed by atoms with van der Waals surface area (Å²) in [6.07, 6.45) is -1.08. The van der Waals surface area contributed by atoms with Crippen molar-refractivity contribution < 1.29 is 28.7 Å². The molecule has 3 atom stereocenters. The molecule has 1 aliphatic rings. The van der Waals surface area contributed by atoms with E-state index in [1.807, 2.05) is 0 Å². The highest BCUT2D eigenvalue weighted by molar-refractivity contribution is 7.46. The van der Waals surface area contributed by atoms with Crippen molar-refractivity contribution in [2.24, 2.45) is 0 Å². The fourth-order valence-corrected chi connectivity index (χ4v) is 2.22. The third-order valence-electron chi connectivity index (χ3n) is 2.79. The van der Waals surface area contributed by atoms with Crippen LogP contribution in [-0.4, -0.2) is 43.3 Å². The van der Waals surface area contributed by atoms with E-state index in [9.17, 15) is 14.5 Å². The third-order valence-corrected chi connectivity index (χ3v) is 3.27. The second-order valence-corrected chi connectivity index (χ2v) is 5.49. The molecule has 11 heteroatoms. The van der Waals surface area contributed by atoms with E-state index in [0.717, 1.165) is 0 Å². The lowest BCUT2D eigenvalue weighted by Crippen LogP contribution is -2.26. The van der Waals surface area contributed by atoms with Crippen LogP contribution in [0.3, 0.4) is 0 Å². The number of nitrogens with two attached hydrogens (primary N) is 1. The number of rotatable bonds is 4. The zero-order valence-electron chi connectivity index (χ0n) is 10.2. The number of hydrogen-bond acceptors (Lipinski definition) is 7. The van der Waals surface area contributed by atoms with Crippen LogP contribution in [0.4, 0.5) is 5.95 Å². The number of aliphatic hydroxyl groups is 1. The van der Waals surface area contributed by atoms with E-state index in [0.29, 0.717) is 0 Å². The molecular weight excluding hydrogens is 293 g/mol. The van der Waals surface area contributed by atoms with Gasteiger partial charge >= 0.3 is 7.82 Å². The third kappa shape index (κ3) is 3.63. The second-order valence-electron chi connectivity index (χ2n) is 4.25. The average molecular weight is 307 g/mol. The van der Waals surface area contributed by atoms with Gasteiger partial charge in [0.25, 0.3) is 5.56 Å². The first-order valence-electron chi connectivity index (χ1n) is 5.64. The maximum absolute atomic E-state index is 11.0. The molecule has 0 bridgehead atoms. The molecule has 0 radical (unpaired) electrons. The Morgan fingerprint density at radius 1 is 1.60 bits per heavy atom. The Bertz CT molecular complexity index is 585. The Labute approximate surface area is 113 Å². The van der Waals surface area contributed by atoms with Crippen LogP contribution < -0.4 is 11.3 Å². The predicted octanol–water partition coefficient (Wildman–Crippen LogP) is -1.42. The SMILES string of the molecule is Nc1nc(=O)ccn1[C@H]1C[C@H](O)[C@@H](COP(=O)(O)O)O1. The molecule has 2 rings (SSSR count). The number of aliphatic hydroxyl groups excluding tert-OH is 1. The second kappa shape index (κ2) is 5.60. The zero-order valence-corrected chi connectivity index (χ0v) is 11.1. The molecule has 5 N–H and O–H groups in total. The van der Waals surface area contributed by atoms with Crippen molar-refractivity contribution >= 4 is 13.8 Å². The van der Waals surface area contributed by atoms with E-state index in [2.05, 4.69) is 9.51 Å². The topological polar surface area (TPSA) is 157 Å². The van der Waals surface area contributed by atoms with E-state index in [-0.39, 0.29) is 12.4 Å². The van der Waals surface area contributed by atoms with Gasteiger partial charge in [-0.25, -0.2) is 4.57 Å². The molecule has 1 aliphatic heterocycles. The summed E-state index contributed by atoms with van der Waals surface area (Å²) < 4.78 is 21.6. The van der Waals surface area contributed by atoms with Gasteiger partial charge in [0.2, 0.25) is 5.95 Å². The molecule has 1 aromatic rings. The monoisotopic (exact) mass is 307 g/mol. The summed E-state index contributed by atoms with van der Waals surface area (Å²) in [4.78, 5) is 31.7. The molecule has 0 saturated carbocycles. The van der Waals surface area contributed by atoms with Gasteiger partial charge in [0.05, 0.1) is 12.7 Å². The summed E-state index contributed by atoms with van der Waals surface area (Å²) in [5.41, 5.74) is 5.07.